The predicted molar refractivity (Wildman–Crippen MR) is 113 cm³/mol. The molecule has 29 heavy (non-hydrogen) atoms. The second-order valence-corrected chi connectivity index (χ2v) is 8.09. The molecule has 0 amide bonds. The molecular weight excluding hydrogens is 386 g/mol. The van der Waals surface area contributed by atoms with E-state index in [-0.39, 0.29) is 17.8 Å². The Morgan fingerprint density at radius 2 is 2.10 bits per heavy atom. The first-order valence-electron chi connectivity index (χ1n) is 9.54. The van der Waals surface area contributed by atoms with Gasteiger partial charge in [-0.25, -0.2) is 15.0 Å². The van der Waals surface area contributed by atoms with Gasteiger partial charge < -0.3 is 15.7 Å². The van der Waals surface area contributed by atoms with Crippen LogP contribution in [0.15, 0.2) is 17.8 Å². The quantitative estimate of drug-likeness (QED) is 0.603. The van der Waals surface area contributed by atoms with Gasteiger partial charge in [-0.05, 0) is 27.2 Å². The lowest BCUT2D eigenvalue weighted by molar-refractivity contribution is 0.495. The van der Waals surface area contributed by atoms with Crippen molar-refractivity contribution in [1.29, 1.82) is 10.8 Å². The van der Waals surface area contributed by atoms with Crippen molar-refractivity contribution in [2.24, 2.45) is 0 Å². The van der Waals surface area contributed by atoms with Crippen LogP contribution in [0.3, 0.4) is 0 Å². The van der Waals surface area contributed by atoms with Gasteiger partial charge in [-0.15, -0.1) is 21.5 Å². The van der Waals surface area contributed by atoms with Crippen molar-refractivity contribution < 1.29 is 0 Å². The minimum atomic E-state index is -0.649. The molecule has 2 N–H and O–H groups in total. The van der Waals surface area contributed by atoms with Crippen molar-refractivity contribution in [2.75, 3.05) is 4.90 Å². The van der Waals surface area contributed by atoms with Gasteiger partial charge in [0.15, 0.2) is 11.6 Å². The second-order valence-electron chi connectivity index (χ2n) is 7.20. The van der Waals surface area contributed by atoms with Crippen LogP contribution < -0.4 is 4.90 Å². The lowest BCUT2D eigenvalue weighted by Crippen LogP contribution is -2.41. The molecule has 0 bridgehead atoms. The van der Waals surface area contributed by atoms with Gasteiger partial charge in [-0.3, -0.25) is 4.57 Å². The molecule has 2 unspecified atom stereocenters. The smallest absolute Gasteiger partial charge is 0.160 e. The van der Waals surface area contributed by atoms with E-state index < -0.39 is 5.92 Å². The van der Waals surface area contributed by atoms with Crippen molar-refractivity contribution >= 4 is 29.1 Å². The average molecular weight is 410 g/mol. The molecule has 1 aliphatic heterocycles. The minimum Gasteiger partial charge on any atom is -0.342 e. The van der Waals surface area contributed by atoms with Crippen LogP contribution >= 0.6 is 11.3 Å². The Morgan fingerprint density at radius 3 is 2.72 bits per heavy atom. The monoisotopic (exact) mass is 409 g/mol. The first-order chi connectivity index (χ1) is 14.0. The third kappa shape index (κ3) is 3.03. The number of nitrogens with one attached hydrogen (secondary N) is 2. The topological polar surface area (TPSA) is 120 Å². The molecule has 0 spiro atoms. The van der Waals surface area contributed by atoms with Gasteiger partial charge in [0.1, 0.15) is 22.3 Å². The van der Waals surface area contributed by atoms with Crippen LogP contribution in [0, 0.1) is 17.7 Å². The zero-order valence-corrected chi connectivity index (χ0v) is 17.6. The van der Waals surface area contributed by atoms with E-state index in [2.05, 4.69) is 45.8 Å². The van der Waals surface area contributed by atoms with Crippen LogP contribution in [0.4, 0.5) is 5.82 Å². The summed E-state index contributed by atoms with van der Waals surface area (Å²) in [5, 5.41) is 27.5. The number of hydrogen-bond acceptors (Lipinski definition) is 9. The summed E-state index contributed by atoms with van der Waals surface area (Å²) in [4.78, 5) is 15.8. The second kappa shape index (κ2) is 7.43. The first kappa shape index (κ1) is 19.3. The third-order valence-corrected chi connectivity index (χ3v) is 5.91. The molecule has 9 nitrogen and oxygen atoms in total. The largest absolute Gasteiger partial charge is 0.342 e. The van der Waals surface area contributed by atoms with Crippen molar-refractivity contribution in [3.63, 3.8) is 0 Å². The summed E-state index contributed by atoms with van der Waals surface area (Å²) in [6, 6.07) is 0.229. The van der Waals surface area contributed by atoms with E-state index in [1.807, 2.05) is 16.9 Å². The Morgan fingerprint density at radius 1 is 1.31 bits per heavy atom. The van der Waals surface area contributed by atoms with E-state index >= 15 is 0 Å². The zero-order chi connectivity index (χ0) is 20.7. The van der Waals surface area contributed by atoms with E-state index in [0.717, 1.165) is 29.6 Å². The highest BCUT2D eigenvalue weighted by Gasteiger charge is 2.36. The van der Waals surface area contributed by atoms with Crippen LogP contribution in [0.25, 0.3) is 5.69 Å². The fraction of sp³-hybridized carbons (Fsp3) is 0.421. The highest BCUT2D eigenvalue weighted by atomic mass is 32.1. The molecule has 0 fully saturated rings. The maximum Gasteiger partial charge on any atom is 0.160 e. The molecule has 4 heterocycles. The fourth-order valence-electron chi connectivity index (χ4n) is 3.80. The summed E-state index contributed by atoms with van der Waals surface area (Å²) in [5.41, 5.74) is 1.06. The number of aromatic nitrogens is 6. The lowest BCUT2D eigenvalue weighted by Gasteiger charge is -2.40. The van der Waals surface area contributed by atoms with Crippen LogP contribution in [-0.4, -0.2) is 47.7 Å². The molecule has 2 atom stereocenters. The molecule has 3 aromatic rings. The fourth-order valence-corrected chi connectivity index (χ4v) is 4.43. The summed E-state index contributed by atoms with van der Waals surface area (Å²) in [5.74, 6) is 2.24. The summed E-state index contributed by atoms with van der Waals surface area (Å²) >= 11 is 1.38. The SMILES string of the molecule is CCC1c2nnc(C)n2-c2cnc(C(C=N)C(=N)c3nccs3)nc2N1C(C)C. The molecule has 0 aromatic carbocycles. The lowest BCUT2D eigenvalue weighted by atomic mass is 10.0. The molecule has 4 rings (SSSR count). The Hall–Kier alpha value is -3.01. The molecule has 3 aromatic heterocycles. The van der Waals surface area contributed by atoms with Gasteiger partial charge in [0.25, 0.3) is 0 Å². The number of thiazole rings is 1. The molecule has 10 heteroatoms. The summed E-state index contributed by atoms with van der Waals surface area (Å²) in [7, 11) is 0. The zero-order valence-electron chi connectivity index (χ0n) is 16.8. The third-order valence-electron chi connectivity index (χ3n) is 5.10. The Balaban J connectivity index is 1.87. The van der Waals surface area contributed by atoms with Gasteiger partial charge in [0.05, 0.1) is 23.9 Å². The van der Waals surface area contributed by atoms with E-state index in [4.69, 9.17) is 15.8 Å². The summed E-state index contributed by atoms with van der Waals surface area (Å²) in [6.45, 7) is 8.29. The average Bonchev–Trinajstić information content (AvgIpc) is 3.37. The normalized spacial score (nSPS) is 16.4. The number of aryl methyl sites for hydroxylation is 1. The number of nitrogens with zero attached hydrogens (tertiary/aromatic N) is 7. The maximum absolute atomic E-state index is 8.50. The minimum absolute atomic E-state index is 0.0447. The van der Waals surface area contributed by atoms with Crippen molar-refractivity contribution in [3.05, 3.63) is 40.3 Å². The predicted octanol–water partition coefficient (Wildman–Crippen LogP) is 3.30. The molecule has 0 aliphatic carbocycles. The Kier molecular flexibility index (Phi) is 4.95. The number of anilines is 1. The molecule has 0 saturated carbocycles. The number of fused-ring (bicyclic) bond motifs is 3. The molecule has 150 valence electrons. The van der Waals surface area contributed by atoms with Gasteiger partial charge in [0.2, 0.25) is 0 Å². The Labute approximate surface area is 172 Å². The molecule has 0 saturated heterocycles. The van der Waals surface area contributed by atoms with E-state index in [1.54, 1.807) is 12.4 Å². The van der Waals surface area contributed by atoms with Gasteiger partial charge in [0, 0.05) is 23.8 Å². The van der Waals surface area contributed by atoms with Gasteiger partial charge in [-0.1, -0.05) is 6.92 Å². The number of rotatable bonds is 6. The molecule has 1 aliphatic rings. The van der Waals surface area contributed by atoms with Crippen LogP contribution in [-0.2, 0) is 0 Å². The maximum atomic E-state index is 8.50. The Bertz CT molecular complexity index is 1050. The van der Waals surface area contributed by atoms with Crippen LogP contribution in [0.5, 0.6) is 0 Å². The molecular formula is C19H23N9S. The van der Waals surface area contributed by atoms with Crippen molar-refractivity contribution in [2.45, 2.75) is 52.1 Å². The highest BCUT2D eigenvalue weighted by molar-refractivity contribution is 7.11. The highest BCUT2D eigenvalue weighted by Crippen LogP contribution is 2.40. The van der Waals surface area contributed by atoms with Crippen molar-refractivity contribution in [3.8, 4) is 5.69 Å². The van der Waals surface area contributed by atoms with E-state index in [1.165, 1.54) is 17.6 Å². The van der Waals surface area contributed by atoms with Crippen molar-refractivity contribution in [1.82, 2.24) is 29.7 Å². The van der Waals surface area contributed by atoms with E-state index in [9.17, 15) is 0 Å². The standard InChI is InChI=1S/C19H23N9S/c1-5-13-18-26-25-11(4)28(18)14-9-23-16(24-17(14)27(13)10(2)3)12(8-20)15(21)19-22-6-7-29-19/h6-10,12-13,20-21H,5H2,1-4H3. The summed E-state index contributed by atoms with van der Waals surface area (Å²) in [6.07, 6.45) is 5.48. The number of hydrogen-bond donors (Lipinski definition) is 2. The van der Waals surface area contributed by atoms with Crippen LogP contribution in [0.1, 0.15) is 61.6 Å². The van der Waals surface area contributed by atoms with Crippen LogP contribution in [0.2, 0.25) is 0 Å². The van der Waals surface area contributed by atoms with Gasteiger partial charge >= 0.3 is 0 Å². The first-order valence-corrected chi connectivity index (χ1v) is 10.4. The van der Waals surface area contributed by atoms with Gasteiger partial charge in [-0.2, -0.15) is 0 Å². The summed E-state index contributed by atoms with van der Waals surface area (Å²) < 4.78 is 2.01. The van der Waals surface area contributed by atoms with E-state index in [0.29, 0.717) is 10.8 Å². The molecule has 0 radical (unpaired) electrons.